The zero-order valence-corrected chi connectivity index (χ0v) is 14.7. The van der Waals surface area contributed by atoms with Crippen molar-refractivity contribution in [2.45, 2.75) is 29.4 Å². The molecule has 4 rings (SSSR count). The number of hydrogen-bond acceptors (Lipinski definition) is 8. The van der Waals surface area contributed by atoms with Gasteiger partial charge >= 0.3 is 0 Å². The number of fused-ring (bicyclic) bond motifs is 1. The molecule has 0 radical (unpaired) electrons. The lowest BCUT2D eigenvalue weighted by atomic mass is 10.1. The zero-order valence-electron chi connectivity index (χ0n) is 13.8. The minimum absolute atomic E-state index is 0.0446. The number of aliphatic hydroxyl groups excluding tert-OH is 2. The van der Waals surface area contributed by atoms with Crippen LogP contribution in [0, 0.1) is 0 Å². The van der Waals surface area contributed by atoms with Gasteiger partial charge in [0.15, 0.2) is 27.2 Å². The van der Waals surface area contributed by atoms with Crippen molar-refractivity contribution < 1.29 is 23.4 Å². The van der Waals surface area contributed by atoms with Crippen LogP contribution in [-0.4, -0.2) is 62.2 Å². The first-order valence-corrected chi connectivity index (χ1v) is 9.73. The van der Waals surface area contributed by atoms with Gasteiger partial charge in [-0.2, -0.15) is 0 Å². The molecule has 3 heterocycles. The normalized spacial score (nSPS) is 25.9. The molecule has 0 bridgehead atoms. The fourth-order valence-electron chi connectivity index (χ4n) is 3.09. The summed E-state index contributed by atoms with van der Waals surface area (Å²) in [7, 11) is -3.73. The van der Waals surface area contributed by atoms with Crippen LogP contribution in [-0.2, 0) is 14.6 Å². The summed E-state index contributed by atoms with van der Waals surface area (Å²) in [5.74, 6) is -0.508. The monoisotopic (exact) mass is 392 g/mol. The Balaban J connectivity index is 1.63. The fourth-order valence-corrected chi connectivity index (χ4v) is 4.56. The maximum atomic E-state index is 12.5. The van der Waals surface area contributed by atoms with Gasteiger partial charge in [-0.05, 0) is 12.1 Å². The van der Waals surface area contributed by atoms with Crippen molar-refractivity contribution in [2.75, 3.05) is 5.75 Å². The maximum absolute atomic E-state index is 12.5. The highest BCUT2D eigenvalue weighted by Crippen LogP contribution is 2.32. The summed E-state index contributed by atoms with van der Waals surface area (Å²) in [6.45, 7) is 0. The van der Waals surface area contributed by atoms with E-state index in [1.54, 1.807) is 18.2 Å². The van der Waals surface area contributed by atoms with Crippen LogP contribution >= 0.6 is 0 Å². The number of nitrogens with one attached hydrogen (secondary N) is 1. The largest absolute Gasteiger partial charge is 0.387 e. The number of nitrogens with zero attached hydrogens (tertiary/aromatic N) is 3. The van der Waals surface area contributed by atoms with E-state index in [9.17, 15) is 23.4 Å². The second-order valence-corrected chi connectivity index (χ2v) is 8.23. The summed E-state index contributed by atoms with van der Waals surface area (Å²) in [4.78, 5) is 22.2. The zero-order chi connectivity index (χ0) is 19.2. The number of ether oxygens (including phenoxy) is 1. The van der Waals surface area contributed by atoms with Crippen molar-refractivity contribution in [3.8, 4) is 0 Å². The lowest BCUT2D eigenvalue weighted by Gasteiger charge is -2.16. The molecule has 1 fully saturated rings. The molecule has 3 N–H and O–H groups in total. The average Bonchev–Trinajstić information content (AvgIpc) is 3.20. The molecular weight excluding hydrogens is 376 g/mol. The molecule has 11 heteroatoms. The Morgan fingerprint density at radius 2 is 1.89 bits per heavy atom. The average molecular weight is 392 g/mol. The van der Waals surface area contributed by atoms with Crippen molar-refractivity contribution >= 4 is 21.0 Å². The van der Waals surface area contributed by atoms with Gasteiger partial charge in [0.2, 0.25) is 0 Å². The van der Waals surface area contributed by atoms with Gasteiger partial charge in [-0.25, -0.2) is 18.4 Å². The first-order valence-electron chi connectivity index (χ1n) is 8.08. The molecule has 0 unspecified atom stereocenters. The Labute approximate surface area is 153 Å². The van der Waals surface area contributed by atoms with Gasteiger partial charge < -0.3 is 19.9 Å². The molecule has 0 saturated carbocycles. The van der Waals surface area contributed by atoms with Crippen LogP contribution in [0.2, 0.25) is 0 Å². The van der Waals surface area contributed by atoms with E-state index in [0.29, 0.717) is 0 Å². The van der Waals surface area contributed by atoms with E-state index in [0.717, 1.165) is 0 Å². The molecule has 4 atom stereocenters. The molecule has 1 aromatic carbocycles. The summed E-state index contributed by atoms with van der Waals surface area (Å²) in [5, 5.41) is 20.7. The van der Waals surface area contributed by atoms with Gasteiger partial charge in [-0.3, -0.25) is 9.36 Å². The first-order chi connectivity index (χ1) is 12.9. The van der Waals surface area contributed by atoms with E-state index in [1.807, 2.05) is 0 Å². The second kappa shape index (κ2) is 6.53. The number of aliphatic hydroxyl groups is 2. The van der Waals surface area contributed by atoms with Crippen LogP contribution in [0.15, 0.2) is 52.7 Å². The number of imidazole rings is 1. The minimum Gasteiger partial charge on any atom is -0.387 e. The topological polar surface area (TPSA) is 147 Å². The minimum atomic E-state index is -3.73. The number of benzene rings is 1. The number of H-pyrrole nitrogens is 1. The Bertz CT molecular complexity index is 1130. The quantitative estimate of drug-likeness (QED) is 0.523. The van der Waals surface area contributed by atoms with Crippen molar-refractivity contribution in [1.82, 2.24) is 19.5 Å². The summed E-state index contributed by atoms with van der Waals surface area (Å²) in [6.07, 6.45) is -2.71. The molecule has 0 aliphatic carbocycles. The van der Waals surface area contributed by atoms with Crippen LogP contribution in [0.3, 0.4) is 0 Å². The van der Waals surface area contributed by atoms with Crippen LogP contribution in [0.1, 0.15) is 6.23 Å². The Kier molecular flexibility index (Phi) is 4.30. The third kappa shape index (κ3) is 3.04. The Morgan fingerprint density at radius 1 is 1.15 bits per heavy atom. The van der Waals surface area contributed by atoms with Crippen molar-refractivity contribution in [1.29, 1.82) is 0 Å². The summed E-state index contributed by atoms with van der Waals surface area (Å²) in [6, 6.07) is 7.78. The van der Waals surface area contributed by atoms with Gasteiger partial charge in [-0.15, -0.1) is 0 Å². The van der Waals surface area contributed by atoms with E-state index < -0.39 is 45.7 Å². The molecule has 3 aromatic rings. The van der Waals surface area contributed by atoms with Crippen LogP contribution in [0.25, 0.3) is 11.2 Å². The van der Waals surface area contributed by atoms with Gasteiger partial charge in [-0.1, -0.05) is 18.2 Å². The Hall–Kier alpha value is -2.60. The lowest BCUT2D eigenvalue weighted by Crippen LogP contribution is -2.35. The van der Waals surface area contributed by atoms with Crippen LogP contribution < -0.4 is 5.56 Å². The first kappa shape index (κ1) is 17.8. The van der Waals surface area contributed by atoms with E-state index in [1.165, 1.54) is 29.4 Å². The predicted molar refractivity (Wildman–Crippen MR) is 92.6 cm³/mol. The third-order valence-electron chi connectivity index (χ3n) is 4.46. The number of sulfone groups is 1. The van der Waals surface area contributed by atoms with Crippen molar-refractivity contribution in [3.63, 3.8) is 0 Å². The van der Waals surface area contributed by atoms with E-state index in [2.05, 4.69) is 15.0 Å². The van der Waals surface area contributed by atoms with Crippen LogP contribution in [0.5, 0.6) is 0 Å². The molecule has 0 spiro atoms. The lowest BCUT2D eigenvalue weighted by molar-refractivity contribution is -0.0292. The highest BCUT2D eigenvalue weighted by Gasteiger charge is 2.46. The molecule has 1 aliphatic heterocycles. The van der Waals surface area contributed by atoms with E-state index >= 15 is 0 Å². The number of hydrogen-bond donors (Lipinski definition) is 3. The summed E-state index contributed by atoms with van der Waals surface area (Å²) in [5.41, 5.74) is -0.264. The number of aromatic nitrogens is 4. The number of rotatable bonds is 4. The van der Waals surface area contributed by atoms with Gasteiger partial charge in [0.1, 0.15) is 18.3 Å². The van der Waals surface area contributed by atoms with Gasteiger partial charge in [0.25, 0.3) is 5.56 Å². The Morgan fingerprint density at radius 3 is 2.63 bits per heavy atom. The molecule has 1 saturated heterocycles. The standard InChI is InChI=1S/C16H16N4O6S/c21-12-10(6-27(24,25)9-4-2-1-3-5-9)26-16(13(12)22)20-8-19-11-14(20)17-7-18-15(11)23/h1-5,7-8,10,12-13,16,21-22H,6H2,(H,17,18,23)/t10-,12-,13-,16-/m1/s1. The second-order valence-electron chi connectivity index (χ2n) is 6.20. The molecule has 1 aliphatic rings. The fraction of sp³-hybridized carbons (Fsp3) is 0.312. The molecular formula is C16H16N4O6S. The third-order valence-corrected chi connectivity index (χ3v) is 6.22. The van der Waals surface area contributed by atoms with E-state index in [-0.39, 0.29) is 16.1 Å². The van der Waals surface area contributed by atoms with Gasteiger partial charge in [0.05, 0.1) is 23.3 Å². The summed E-state index contributed by atoms with van der Waals surface area (Å²) >= 11 is 0. The molecule has 0 amide bonds. The highest BCUT2D eigenvalue weighted by atomic mass is 32.2. The molecule has 2 aromatic heterocycles. The predicted octanol–water partition coefficient (Wildman–Crippen LogP) is -0.787. The van der Waals surface area contributed by atoms with E-state index in [4.69, 9.17) is 4.74 Å². The highest BCUT2D eigenvalue weighted by molar-refractivity contribution is 7.91. The molecule has 10 nitrogen and oxygen atoms in total. The maximum Gasteiger partial charge on any atom is 0.278 e. The van der Waals surface area contributed by atoms with Crippen LogP contribution in [0.4, 0.5) is 0 Å². The molecule has 142 valence electrons. The number of aromatic amines is 1. The SMILES string of the molecule is O=c1[nH]cnc2c1ncn2[C@@H]1O[C@H](CS(=O)(=O)c2ccccc2)[C@@H](O)[C@H]1O. The molecule has 27 heavy (non-hydrogen) atoms. The summed E-state index contributed by atoms with van der Waals surface area (Å²) < 4.78 is 32.0. The van der Waals surface area contributed by atoms with Crippen molar-refractivity contribution in [2.24, 2.45) is 0 Å². The van der Waals surface area contributed by atoms with Gasteiger partial charge in [0, 0.05) is 0 Å². The van der Waals surface area contributed by atoms with Crippen molar-refractivity contribution in [3.05, 3.63) is 53.3 Å². The smallest absolute Gasteiger partial charge is 0.278 e.